The van der Waals surface area contributed by atoms with Gasteiger partial charge in [0.1, 0.15) is 11.5 Å². The summed E-state index contributed by atoms with van der Waals surface area (Å²) in [4.78, 5) is 24.7. The molecule has 0 spiro atoms. The fourth-order valence-electron chi connectivity index (χ4n) is 2.10. The summed E-state index contributed by atoms with van der Waals surface area (Å²) in [7, 11) is 0. The number of nitrogens with zero attached hydrogens (tertiary/aromatic N) is 3. The number of carbonyl (C=O) groups excluding carboxylic acids is 1. The van der Waals surface area contributed by atoms with Crippen LogP contribution in [0.25, 0.3) is 11.3 Å². The second-order valence-corrected chi connectivity index (χ2v) is 5.32. The highest BCUT2D eigenvalue weighted by Gasteiger charge is 2.09. The minimum absolute atomic E-state index is 0.265. The Morgan fingerprint density at radius 3 is 2.70 bits per heavy atom. The number of amides is 1. The van der Waals surface area contributed by atoms with Crippen LogP contribution in [0.5, 0.6) is 0 Å². The van der Waals surface area contributed by atoms with E-state index in [0.717, 1.165) is 11.3 Å². The molecule has 2 heterocycles. The summed E-state index contributed by atoms with van der Waals surface area (Å²) in [5, 5.41) is 3.27. The highest BCUT2D eigenvalue weighted by Crippen LogP contribution is 2.21. The molecule has 23 heavy (non-hydrogen) atoms. The summed E-state index contributed by atoms with van der Waals surface area (Å²) in [6, 6.07) is 12.4. The second kappa shape index (κ2) is 6.54. The predicted molar refractivity (Wildman–Crippen MR) is 89.4 cm³/mol. The smallest absolute Gasteiger partial charge is 0.274 e. The first-order valence-corrected chi connectivity index (χ1v) is 7.32. The van der Waals surface area contributed by atoms with Gasteiger partial charge in [0, 0.05) is 28.7 Å². The van der Waals surface area contributed by atoms with Crippen LogP contribution in [-0.2, 0) is 0 Å². The Morgan fingerprint density at radius 1 is 1.09 bits per heavy atom. The predicted octanol–water partition coefficient (Wildman–Crippen LogP) is 3.75. The molecule has 0 aliphatic rings. The van der Waals surface area contributed by atoms with Crippen LogP contribution in [0.4, 0.5) is 5.69 Å². The Balaban J connectivity index is 1.84. The third-order valence-corrected chi connectivity index (χ3v) is 3.38. The van der Waals surface area contributed by atoms with Crippen LogP contribution in [0.15, 0.2) is 54.9 Å². The highest BCUT2D eigenvalue weighted by atomic mass is 35.5. The number of anilines is 1. The van der Waals surface area contributed by atoms with Gasteiger partial charge in [0.25, 0.3) is 5.91 Å². The van der Waals surface area contributed by atoms with E-state index in [9.17, 15) is 4.79 Å². The maximum atomic E-state index is 12.2. The number of carbonyl (C=O) groups is 1. The molecule has 0 aliphatic carbocycles. The van der Waals surface area contributed by atoms with Gasteiger partial charge < -0.3 is 5.32 Å². The molecule has 0 aliphatic heterocycles. The van der Waals surface area contributed by atoms with Crippen LogP contribution in [0.1, 0.15) is 16.3 Å². The molecule has 0 saturated carbocycles. The molecule has 3 rings (SSSR count). The van der Waals surface area contributed by atoms with Crippen molar-refractivity contribution in [1.29, 1.82) is 0 Å². The zero-order chi connectivity index (χ0) is 16.2. The minimum Gasteiger partial charge on any atom is -0.321 e. The van der Waals surface area contributed by atoms with Crippen LogP contribution < -0.4 is 5.32 Å². The number of rotatable bonds is 3. The van der Waals surface area contributed by atoms with Gasteiger partial charge in [-0.05, 0) is 37.3 Å². The number of halogens is 1. The van der Waals surface area contributed by atoms with E-state index in [4.69, 9.17) is 11.6 Å². The molecule has 5 nitrogen and oxygen atoms in total. The fraction of sp³-hybridized carbons (Fsp3) is 0.0588. The Bertz CT molecular complexity index is 866. The molecule has 1 amide bonds. The van der Waals surface area contributed by atoms with E-state index >= 15 is 0 Å². The van der Waals surface area contributed by atoms with Gasteiger partial charge in [0.05, 0.1) is 5.69 Å². The molecule has 2 aromatic heterocycles. The largest absolute Gasteiger partial charge is 0.321 e. The van der Waals surface area contributed by atoms with Gasteiger partial charge in [-0.3, -0.25) is 9.78 Å². The van der Waals surface area contributed by atoms with E-state index in [2.05, 4.69) is 20.3 Å². The number of nitrogens with one attached hydrogen (secondary N) is 1. The number of pyridine rings is 1. The summed E-state index contributed by atoms with van der Waals surface area (Å²) in [5.74, 6) is 0.378. The molecular formula is C17H13ClN4O. The van der Waals surface area contributed by atoms with Gasteiger partial charge in [0.2, 0.25) is 0 Å². The number of hydrogen-bond acceptors (Lipinski definition) is 4. The van der Waals surface area contributed by atoms with Crippen LogP contribution >= 0.6 is 11.6 Å². The number of aryl methyl sites for hydroxylation is 1. The molecule has 3 aromatic rings. The molecule has 6 heteroatoms. The first-order chi connectivity index (χ1) is 11.1. The van der Waals surface area contributed by atoms with E-state index in [1.165, 1.54) is 12.3 Å². The summed E-state index contributed by atoms with van der Waals surface area (Å²) < 4.78 is 0. The molecule has 0 unspecified atom stereocenters. The number of hydrogen-bond donors (Lipinski definition) is 1. The first kappa shape index (κ1) is 15.1. The second-order valence-electron chi connectivity index (χ2n) is 4.88. The molecule has 0 bridgehead atoms. The van der Waals surface area contributed by atoms with Crippen molar-refractivity contribution >= 4 is 23.2 Å². The Kier molecular flexibility index (Phi) is 4.30. The lowest BCUT2D eigenvalue weighted by atomic mass is 10.1. The van der Waals surface area contributed by atoms with E-state index < -0.39 is 0 Å². The summed E-state index contributed by atoms with van der Waals surface area (Å²) in [6.07, 6.45) is 3.20. The molecule has 1 N–H and O–H groups in total. The topological polar surface area (TPSA) is 67.8 Å². The third-order valence-electron chi connectivity index (χ3n) is 3.15. The molecule has 0 saturated heterocycles. The highest BCUT2D eigenvalue weighted by molar-refractivity contribution is 6.30. The standard InChI is InChI=1S/C17H13ClN4O/c1-11-19-8-6-15(21-11)12-3-2-4-14(9-12)22-17(23)16-10-13(18)5-7-20-16/h2-10H,1H3,(H,22,23). The normalized spacial score (nSPS) is 10.3. The van der Waals surface area contributed by atoms with Crippen LogP contribution in [-0.4, -0.2) is 20.9 Å². The minimum atomic E-state index is -0.316. The van der Waals surface area contributed by atoms with Gasteiger partial charge in [-0.2, -0.15) is 0 Å². The summed E-state index contributed by atoms with van der Waals surface area (Å²) >= 11 is 5.88. The van der Waals surface area contributed by atoms with Crippen LogP contribution in [0.2, 0.25) is 5.02 Å². The lowest BCUT2D eigenvalue weighted by molar-refractivity contribution is 0.102. The molecule has 1 aromatic carbocycles. The van der Waals surface area contributed by atoms with Gasteiger partial charge in [-0.15, -0.1) is 0 Å². The molecule has 0 radical (unpaired) electrons. The van der Waals surface area contributed by atoms with Crippen molar-refractivity contribution in [2.75, 3.05) is 5.32 Å². The Labute approximate surface area is 138 Å². The van der Waals surface area contributed by atoms with Crippen LogP contribution in [0, 0.1) is 6.92 Å². The van der Waals surface area contributed by atoms with E-state index in [0.29, 0.717) is 16.5 Å². The number of benzene rings is 1. The molecule has 0 fully saturated rings. The fourth-order valence-corrected chi connectivity index (χ4v) is 2.26. The van der Waals surface area contributed by atoms with Crippen molar-refractivity contribution in [1.82, 2.24) is 15.0 Å². The van der Waals surface area contributed by atoms with Crippen LogP contribution in [0.3, 0.4) is 0 Å². The van der Waals surface area contributed by atoms with E-state index in [-0.39, 0.29) is 11.6 Å². The third kappa shape index (κ3) is 3.70. The zero-order valence-corrected chi connectivity index (χ0v) is 13.1. The maximum absolute atomic E-state index is 12.2. The summed E-state index contributed by atoms with van der Waals surface area (Å²) in [6.45, 7) is 1.83. The van der Waals surface area contributed by atoms with Crippen molar-refractivity contribution in [2.45, 2.75) is 6.92 Å². The zero-order valence-electron chi connectivity index (χ0n) is 12.3. The maximum Gasteiger partial charge on any atom is 0.274 e. The van der Waals surface area contributed by atoms with Crippen molar-refractivity contribution in [2.24, 2.45) is 0 Å². The lowest BCUT2D eigenvalue weighted by Crippen LogP contribution is -2.13. The lowest BCUT2D eigenvalue weighted by Gasteiger charge is -2.07. The van der Waals surface area contributed by atoms with Gasteiger partial charge in [0.15, 0.2) is 0 Å². The van der Waals surface area contributed by atoms with Gasteiger partial charge in [-0.25, -0.2) is 9.97 Å². The van der Waals surface area contributed by atoms with Gasteiger partial charge in [-0.1, -0.05) is 23.7 Å². The quantitative estimate of drug-likeness (QED) is 0.796. The van der Waals surface area contributed by atoms with Crippen molar-refractivity contribution in [3.05, 3.63) is 71.4 Å². The monoisotopic (exact) mass is 324 g/mol. The van der Waals surface area contributed by atoms with Crippen molar-refractivity contribution < 1.29 is 4.79 Å². The Morgan fingerprint density at radius 2 is 1.91 bits per heavy atom. The van der Waals surface area contributed by atoms with Crippen molar-refractivity contribution in [3.8, 4) is 11.3 Å². The summed E-state index contributed by atoms with van der Waals surface area (Å²) in [5.41, 5.74) is 2.62. The average Bonchev–Trinajstić information content (AvgIpc) is 2.55. The first-order valence-electron chi connectivity index (χ1n) is 6.95. The average molecular weight is 325 g/mol. The van der Waals surface area contributed by atoms with Crippen molar-refractivity contribution in [3.63, 3.8) is 0 Å². The molecule has 114 valence electrons. The molecular weight excluding hydrogens is 312 g/mol. The number of aromatic nitrogens is 3. The van der Waals surface area contributed by atoms with E-state index in [1.807, 2.05) is 31.2 Å². The SMILES string of the molecule is Cc1nccc(-c2cccc(NC(=O)c3cc(Cl)ccn3)c2)n1. The Hall–Kier alpha value is -2.79. The molecule has 0 atom stereocenters. The van der Waals surface area contributed by atoms with Gasteiger partial charge >= 0.3 is 0 Å². The van der Waals surface area contributed by atoms with E-state index in [1.54, 1.807) is 18.3 Å².